The predicted molar refractivity (Wildman–Crippen MR) is 112 cm³/mol. The summed E-state index contributed by atoms with van der Waals surface area (Å²) in [5.74, 6) is 0.977. The van der Waals surface area contributed by atoms with Gasteiger partial charge in [-0.3, -0.25) is 0 Å². The minimum atomic E-state index is -0.170. The zero-order valence-corrected chi connectivity index (χ0v) is 17.4. The molecule has 2 aromatic heterocycles. The van der Waals surface area contributed by atoms with E-state index in [0.29, 0.717) is 0 Å². The Kier molecular flexibility index (Phi) is 4.66. The highest BCUT2D eigenvalue weighted by atomic mass is 16.3. The number of aromatic hydroxyl groups is 1. The third-order valence-corrected chi connectivity index (χ3v) is 4.43. The first kappa shape index (κ1) is 19.2. The van der Waals surface area contributed by atoms with E-state index in [2.05, 4.69) is 47.0 Å². The maximum atomic E-state index is 9.95. The van der Waals surface area contributed by atoms with Gasteiger partial charge in [-0.15, -0.1) is 0 Å². The van der Waals surface area contributed by atoms with Crippen molar-refractivity contribution in [1.29, 1.82) is 0 Å². The molecule has 2 heterocycles. The summed E-state index contributed by atoms with van der Waals surface area (Å²) in [5.41, 5.74) is 8.24. The van der Waals surface area contributed by atoms with Gasteiger partial charge in [-0.1, -0.05) is 32.9 Å². The van der Waals surface area contributed by atoms with Crippen LogP contribution in [0.3, 0.4) is 0 Å². The van der Waals surface area contributed by atoms with Gasteiger partial charge in [0.05, 0.1) is 0 Å². The molecule has 5 nitrogen and oxygen atoms in total. The number of nitrogens with zero attached hydrogens (tertiary/aromatic N) is 3. The van der Waals surface area contributed by atoms with Crippen LogP contribution in [-0.4, -0.2) is 25.3 Å². The summed E-state index contributed by atoms with van der Waals surface area (Å²) in [6.07, 6.45) is 0.976. The van der Waals surface area contributed by atoms with E-state index in [9.17, 15) is 5.11 Å². The van der Waals surface area contributed by atoms with E-state index in [1.54, 1.807) is 12.1 Å². The number of nitrogens with one attached hydrogen (secondary N) is 1. The molecule has 0 atom stereocenters. The Hall–Kier alpha value is -2.56. The Morgan fingerprint density at radius 3 is 2.37 bits per heavy atom. The molecule has 0 radical (unpaired) electrons. The lowest BCUT2D eigenvalue weighted by atomic mass is 9.82. The third-order valence-electron chi connectivity index (χ3n) is 4.43. The fraction of sp³-hybridized carbons (Fsp3) is 0.455. The maximum absolute atomic E-state index is 9.95. The number of aromatic nitrogens is 3. The van der Waals surface area contributed by atoms with Gasteiger partial charge in [0, 0.05) is 16.8 Å². The summed E-state index contributed by atoms with van der Waals surface area (Å²) in [6.45, 7) is 15.2. The molecule has 0 unspecified atom stereocenters. The summed E-state index contributed by atoms with van der Waals surface area (Å²) < 4.78 is 1.98. The highest BCUT2D eigenvalue weighted by Crippen LogP contribution is 2.31. The van der Waals surface area contributed by atoms with Crippen molar-refractivity contribution in [3.8, 4) is 17.1 Å². The van der Waals surface area contributed by atoms with Gasteiger partial charge >= 0.3 is 0 Å². The number of hydrogen-bond acceptors (Lipinski definition) is 4. The minimum absolute atomic E-state index is 0.170. The van der Waals surface area contributed by atoms with Crippen molar-refractivity contribution in [3.63, 3.8) is 0 Å². The molecule has 0 spiro atoms. The predicted octanol–water partition coefficient (Wildman–Crippen LogP) is 5.18. The van der Waals surface area contributed by atoms with E-state index in [-0.39, 0.29) is 16.7 Å². The van der Waals surface area contributed by atoms with Gasteiger partial charge in [-0.05, 0) is 63.3 Å². The van der Waals surface area contributed by atoms with Crippen LogP contribution in [0.4, 0.5) is 0 Å². The van der Waals surface area contributed by atoms with Crippen LogP contribution in [0.15, 0.2) is 30.3 Å². The van der Waals surface area contributed by atoms with Crippen molar-refractivity contribution in [2.75, 3.05) is 5.43 Å². The molecule has 0 fully saturated rings. The Morgan fingerprint density at radius 2 is 1.74 bits per heavy atom. The van der Waals surface area contributed by atoms with Crippen molar-refractivity contribution in [2.45, 2.75) is 60.4 Å². The zero-order chi connectivity index (χ0) is 20.0. The normalized spacial score (nSPS) is 12.6. The molecule has 0 aliphatic heterocycles. The molecular formula is C22H30N4O. The lowest BCUT2D eigenvalue weighted by molar-refractivity contribution is 0.290. The Bertz CT molecular complexity index is 980. The first-order chi connectivity index (χ1) is 12.5. The van der Waals surface area contributed by atoms with Crippen molar-refractivity contribution in [3.05, 3.63) is 41.6 Å². The van der Waals surface area contributed by atoms with Crippen LogP contribution in [0, 0.1) is 19.3 Å². The lowest BCUT2D eigenvalue weighted by Crippen LogP contribution is -2.41. The molecule has 3 rings (SSSR count). The van der Waals surface area contributed by atoms with E-state index >= 15 is 0 Å². The monoisotopic (exact) mass is 366 g/mol. The van der Waals surface area contributed by atoms with E-state index < -0.39 is 0 Å². The number of hydrogen-bond donors (Lipinski definition) is 2. The smallest absolute Gasteiger partial charge is 0.179 e. The number of benzene rings is 1. The number of phenolic OH excluding ortho intramolecular Hbond substituents is 1. The number of pyridine rings is 1. The minimum Gasteiger partial charge on any atom is -0.508 e. The second-order valence-corrected chi connectivity index (χ2v) is 9.31. The molecular weight excluding hydrogens is 336 g/mol. The van der Waals surface area contributed by atoms with Crippen LogP contribution in [-0.2, 0) is 0 Å². The average molecular weight is 367 g/mol. The van der Waals surface area contributed by atoms with E-state index in [0.717, 1.165) is 40.2 Å². The molecule has 144 valence electrons. The topological polar surface area (TPSA) is 63.0 Å². The standard InChI is InChI=1S/C22H30N4O/c1-14-11-15(2)23-20-18(14)24-19(16-9-8-10-17(27)12-16)26(20)25-22(6,7)13-21(3,4)5/h8-12,25,27H,13H2,1-7H3. The van der Waals surface area contributed by atoms with E-state index in [4.69, 9.17) is 9.97 Å². The summed E-state index contributed by atoms with van der Waals surface area (Å²) in [5, 5.41) is 9.95. The second kappa shape index (κ2) is 6.55. The quantitative estimate of drug-likeness (QED) is 0.668. The second-order valence-electron chi connectivity index (χ2n) is 9.31. The number of rotatable bonds is 4. The Balaban J connectivity index is 2.20. The molecule has 5 heteroatoms. The fourth-order valence-electron chi connectivity index (χ4n) is 3.97. The van der Waals surface area contributed by atoms with Crippen molar-refractivity contribution in [2.24, 2.45) is 5.41 Å². The van der Waals surface area contributed by atoms with Gasteiger partial charge < -0.3 is 10.5 Å². The molecule has 0 aliphatic rings. The molecule has 1 aromatic carbocycles. The van der Waals surface area contributed by atoms with Crippen molar-refractivity contribution < 1.29 is 5.11 Å². The molecule has 0 saturated carbocycles. The molecule has 0 bridgehead atoms. The van der Waals surface area contributed by atoms with Gasteiger partial charge in [-0.2, -0.15) is 0 Å². The van der Waals surface area contributed by atoms with Crippen LogP contribution in [0.25, 0.3) is 22.6 Å². The van der Waals surface area contributed by atoms with Crippen molar-refractivity contribution in [1.82, 2.24) is 14.6 Å². The highest BCUT2D eigenvalue weighted by molar-refractivity contribution is 5.81. The summed E-state index contributed by atoms with van der Waals surface area (Å²) in [7, 11) is 0. The SMILES string of the molecule is Cc1cc(C)c2nc(-c3cccc(O)c3)n(NC(C)(C)CC(C)(C)C)c2n1. The van der Waals surface area contributed by atoms with E-state index in [1.807, 2.05) is 29.8 Å². The Morgan fingerprint density at radius 1 is 1.04 bits per heavy atom. The maximum Gasteiger partial charge on any atom is 0.179 e. The van der Waals surface area contributed by atoms with E-state index in [1.165, 1.54) is 0 Å². The van der Waals surface area contributed by atoms with Crippen LogP contribution < -0.4 is 5.43 Å². The number of phenols is 1. The lowest BCUT2D eigenvalue weighted by Gasteiger charge is -2.34. The van der Waals surface area contributed by atoms with Crippen LogP contribution in [0.5, 0.6) is 5.75 Å². The summed E-state index contributed by atoms with van der Waals surface area (Å²) in [6, 6.07) is 9.24. The number of aryl methyl sites for hydroxylation is 2. The van der Waals surface area contributed by atoms with Crippen LogP contribution >= 0.6 is 0 Å². The third kappa shape index (κ3) is 4.24. The molecule has 0 aliphatic carbocycles. The number of fused-ring (bicyclic) bond motifs is 1. The van der Waals surface area contributed by atoms with Gasteiger partial charge in [0.1, 0.15) is 11.3 Å². The van der Waals surface area contributed by atoms with Crippen molar-refractivity contribution >= 4 is 11.2 Å². The largest absolute Gasteiger partial charge is 0.508 e. The zero-order valence-electron chi connectivity index (χ0n) is 17.4. The molecule has 27 heavy (non-hydrogen) atoms. The Labute approximate surface area is 161 Å². The van der Waals surface area contributed by atoms with Gasteiger partial charge in [0.25, 0.3) is 0 Å². The fourth-order valence-corrected chi connectivity index (χ4v) is 3.97. The van der Waals surface area contributed by atoms with Gasteiger partial charge in [0.15, 0.2) is 11.5 Å². The highest BCUT2D eigenvalue weighted by Gasteiger charge is 2.28. The summed E-state index contributed by atoms with van der Waals surface area (Å²) in [4.78, 5) is 9.63. The first-order valence-corrected chi connectivity index (χ1v) is 9.39. The van der Waals surface area contributed by atoms with Gasteiger partial charge in [0.2, 0.25) is 0 Å². The van der Waals surface area contributed by atoms with Crippen LogP contribution in [0.2, 0.25) is 0 Å². The first-order valence-electron chi connectivity index (χ1n) is 9.39. The van der Waals surface area contributed by atoms with Gasteiger partial charge in [-0.25, -0.2) is 14.6 Å². The van der Waals surface area contributed by atoms with Crippen LogP contribution in [0.1, 0.15) is 52.3 Å². The number of imidazole rings is 1. The molecule has 3 aromatic rings. The average Bonchev–Trinajstić information content (AvgIpc) is 2.83. The molecule has 0 saturated heterocycles. The summed E-state index contributed by atoms with van der Waals surface area (Å²) >= 11 is 0. The molecule has 2 N–H and O–H groups in total. The molecule has 0 amide bonds.